The fourth-order valence-electron chi connectivity index (χ4n) is 3.19. The molecule has 1 saturated heterocycles. The maximum absolute atomic E-state index is 3.70. The van der Waals surface area contributed by atoms with E-state index in [0.717, 1.165) is 19.0 Å². The highest BCUT2D eigenvalue weighted by molar-refractivity contribution is 5.53. The van der Waals surface area contributed by atoms with E-state index < -0.39 is 0 Å². The molecule has 0 aromatic heterocycles. The van der Waals surface area contributed by atoms with E-state index in [-0.39, 0.29) is 0 Å². The van der Waals surface area contributed by atoms with Crippen LogP contribution >= 0.6 is 0 Å². The van der Waals surface area contributed by atoms with E-state index in [1.165, 1.54) is 37.1 Å². The molecule has 19 heavy (non-hydrogen) atoms. The highest BCUT2D eigenvalue weighted by atomic mass is 15.2. The van der Waals surface area contributed by atoms with Gasteiger partial charge in [-0.2, -0.15) is 0 Å². The smallest absolute Gasteiger partial charge is 0.0396 e. The highest BCUT2D eigenvalue weighted by Crippen LogP contribution is 2.23. The van der Waals surface area contributed by atoms with Gasteiger partial charge in [-0.15, -0.1) is 0 Å². The van der Waals surface area contributed by atoms with Crippen LogP contribution in [0.1, 0.15) is 38.7 Å². The third-order valence-corrected chi connectivity index (χ3v) is 4.46. The first kappa shape index (κ1) is 14.4. The second-order valence-corrected chi connectivity index (χ2v) is 5.77. The molecule has 106 valence electrons. The number of aryl methyl sites for hydroxylation is 1. The molecule has 0 spiro atoms. The highest BCUT2D eigenvalue weighted by Gasteiger charge is 2.22. The Morgan fingerprint density at radius 2 is 2.05 bits per heavy atom. The third-order valence-electron chi connectivity index (χ3n) is 4.46. The number of piperidine rings is 1. The average Bonchev–Trinajstić information content (AvgIpc) is 2.46. The summed E-state index contributed by atoms with van der Waals surface area (Å²) in [7, 11) is 0. The largest absolute Gasteiger partial charge is 0.370 e. The summed E-state index contributed by atoms with van der Waals surface area (Å²) in [4.78, 5) is 2.52. The van der Waals surface area contributed by atoms with Gasteiger partial charge in [-0.25, -0.2) is 0 Å². The quantitative estimate of drug-likeness (QED) is 0.870. The van der Waals surface area contributed by atoms with E-state index in [4.69, 9.17) is 0 Å². The Hall–Kier alpha value is -1.02. The number of hydrogen-bond donors (Lipinski definition) is 1. The van der Waals surface area contributed by atoms with Crippen LogP contribution in [0.5, 0.6) is 0 Å². The van der Waals surface area contributed by atoms with Gasteiger partial charge < -0.3 is 10.2 Å². The van der Waals surface area contributed by atoms with Gasteiger partial charge in [0.2, 0.25) is 0 Å². The average molecular weight is 260 g/mol. The molecule has 1 aromatic carbocycles. The predicted octanol–water partition coefficient (Wildman–Crippen LogP) is 3.60. The number of para-hydroxylation sites is 1. The molecule has 0 aliphatic carbocycles. The number of benzene rings is 1. The predicted molar refractivity (Wildman–Crippen MR) is 83.9 cm³/mol. The Labute approximate surface area is 118 Å². The van der Waals surface area contributed by atoms with Gasteiger partial charge in [0.1, 0.15) is 0 Å². The van der Waals surface area contributed by atoms with Crippen LogP contribution in [-0.2, 0) is 0 Å². The number of nitrogens with one attached hydrogen (secondary N) is 1. The van der Waals surface area contributed by atoms with Crippen LogP contribution in [0.15, 0.2) is 24.3 Å². The van der Waals surface area contributed by atoms with Crippen molar-refractivity contribution in [1.29, 1.82) is 0 Å². The molecule has 1 aliphatic heterocycles. The minimum absolute atomic E-state index is 0.651. The lowest BCUT2D eigenvalue weighted by Gasteiger charge is -2.35. The SMILES string of the molecule is CCC1CCNC(CN(CC)c2ccccc2C)C1. The van der Waals surface area contributed by atoms with Crippen molar-refractivity contribution in [2.75, 3.05) is 24.5 Å². The summed E-state index contributed by atoms with van der Waals surface area (Å²) in [6, 6.07) is 9.38. The maximum Gasteiger partial charge on any atom is 0.0396 e. The molecule has 2 atom stereocenters. The Balaban J connectivity index is 2.01. The molecule has 0 amide bonds. The van der Waals surface area contributed by atoms with Crippen LogP contribution in [-0.4, -0.2) is 25.7 Å². The second kappa shape index (κ2) is 6.95. The minimum Gasteiger partial charge on any atom is -0.370 e. The van der Waals surface area contributed by atoms with Gasteiger partial charge in [-0.05, 0) is 50.8 Å². The standard InChI is InChI=1S/C17H28N2/c1-4-15-10-11-18-16(12-15)13-19(5-2)17-9-7-6-8-14(17)3/h6-9,15-16,18H,4-5,10-13H2,1-3H3. The summed E-state index contributed by atoms with van der Waals surface area (Å²) in [6.07, 6.45) is 4.01. The first-order chi connectivity index (χ1) is 9.24. The van der Waals surface area contributed by atoms with Gasteiger partial charge in [-0.3, -0.25) is 0 Å². The molecular formula is C17H28N2. The normalized spacial score (nSPS) is 23.3. The van der Waals surface area contributed by atoms with Gasteiger partial charge in [0.05, 0.1) is 0 Å². The van der Waals surface area contributed by atoms with Crippen molar-refractivity contribution in [3.63, 3.8) is 0 Å². The van der Waals surface area contributed by atoms with E-state index >= 15 is 0 Å². The number of rotatable bonds is 5. The molecule has 1 N–H and O–H groups in total. The summed E-state index contributed by atoms with van der Waals surface area (Å²) in [5.74, 6) is 0.918. The Morgan fingerprint density at radius 1 is 1.26 bits per heavy atom. The Bertz CT molecular complexity index is 389. The van der Waals surface area contributed by atoms with Crippen molar-refractivity contribution < 1.29 is 0 Å². The van der Waals surface area contributed by atoms with Gasteiger partial charge in [0, 0.05) is 24.8 Å². The van der Waals surface area contributed by atoms with E-state index in [1.807, 2.05) is 0 Å². The van der Waals surface area contributed by atoms with Crippen LogP contribution < -0.4 is 10.2 Å². The fourth-order valence-corrected chi connectivity index (χ4v) is 3.19. The molecule has 1 aromatic rings. The van der Waals surface area contributed by atoms with Crippen molar-refractivity contribution in [3.8, 4) is 0 Å². The molecule has 0 radical (unpaired) electrons. The van der Waals surface area contributed by atoms with Crippen molar-refractivity contribution in [1.82, 2.24) is 5.32 Å². The lowest BCUT2D eigenvalue weighted by molar-refractivity contribution is 0.296. The fraction of sp³-hybridized carbons (Fsp3) is 0.647. The summed E-state index contributed by atoms with van der Waals surface area (Å²) in [5.41, 5.74) is 2.78. The van der Waals surface area contributed by atoms with Crippen LogP contribution in [0, 0.1) is 12.8 Å². The summed E-state index contributed by atoms with van der Waals surface area (Å²) < 4.78 is 0. The first-order valence-electron chi connectivity index (χ1n) is 7.78. The molecule has 2 nitrogen and oxygen atoms in total. The zero-order chi connectivity index (χ0) is 13.7. The first-order valence-corrected chi connectivity index (χ1v) is 7.78. The number of hydrogen-bond acceptors (Lipinski definition) is 2. The molecule has 0 bridgehead atoms. The van der Waals surface area contributed by atoms with E-state index in [1.54, 1.807) is 0 Å². The lowest BCUT2D eigenvalue weighted by atomic mass is 9.90. The maximum atomic E-state index is 3.70. The van der Waals surface area contributed by atoms with Crippen LogP contribution in [0.2, 0.25) is 0 Å². The number of likely N-dealkylation sites (N-methyl/N-ethyl adjacent to an activating group) is 1. The molecule has 1 aliphatic rings. The third kappa shape index (κ3) is 3.73. The molecule has 2 heteroatoms. The number of nitrogens with zero attached hydrogens (tertiary/aromatic N) is 1. The molecule has 2 rings (SSSR count). The monoisotopic (exact) mass is 260 g/mol. The summed E-state index contributed by atoms with van der Waals surface area (Å²) in [6.45, 7) is 10.2. The van der Waals surface area contributed by atoms with Crippen LogP contribution in [0.25, 0.3) is 0 Å². The molecular weight excluding hydrogens is 232 g/mol. The summed E-state index contributed by atoms with van der Waals surface area (Å²) >= 11 is 0. The van der Waals surface area contributed by atoms with Gasteiger partial charge in [0.25, 0.3) is 0 Å². The van der Waals surface area contributed by atoms with Gasteiger partial charge in [0.15, 0.2) is 0 Å². The zero-order valence-corrected chi connectivity index (χ0v) is 12.7. The van der Waals surface area contributed by atoms with Crippen LogP contribution in [0.3, 0.4) is 0 Å². The van der Waals surface area contributed by atoms with Crippen molar-refractivity contribution in [2.45, 2.75) is 46.1 Å². The number of anilines is 1. The second-order valence-electron chi connectivity index (χ2n) is 5.77. The summed E-state index contributed by atoms with van der Waals surface area (Å²) in [5, 5.41) is 3.70. The van der Waals surface area contributed by atoms with Crippen LogP contribution in [0.4, 0.5) is 5.69 Å². The Kier molecular flexibility index (Phi) is 5.26. The van der Waals surface area contributed by atoms with Gasteiger partial charge in [-0.1, -0.05) is 31.5 Å². The van der Waals surface area contributed by atoms with Crippen molar-refractivity contribution >= 4 is 5.69 Å². The van der Waals surface area contributed by atoms with E-state index in [0.29, 0.717) is 6.04 Å². The van der Waals surface area contributed by atoms with E-state index in [9.17, 15) is 0 Å². The minimum atomic E-state index is 0.651. The van der Waals surface area contributed by atoms with Gasteiger partial charge >= 0.3 is 0 Å². The van der Waals surface area contributed by atoms with Crippen molar-refractivity contribution in [2.24, 2.45) is 5.92 Å². The molecule has 1 fully saturated rings. The molecule has 0 saturated carbocycles. The molecule has 1 heterocycles. The Morgan fingerprint density at radius 3 is 2.74 bits per heavy atom. The lowest BCUT2D eigenvalue weighted by Crippen LogP contribution is -2.46. The van der Waals surface area contributed by atoms with Crippen molar-refractivity contribution in [3.05, 3.63) is 29.8 Å². The zero-order valence-electron chi connectivity index (χ0n) is 12.7. The topological polar surface area (TPSA) is 15.3 Å². The van der Waals surface area contributed by atoms with E-state index in [2.05, 4.69) is 55.3 Å². The molecule has 2 unspecified atom stereocenters.